The number of benzene rings is 1. The number of allylic oxidation sites excluding steroid dienone is 1. The Morgan fingerprint density at radius 1 is 1.36 bits per heavy atom. The van der Waals surface area contributed by atoms with E-state index in [0.29, 0.717) is 5.56 Å². The quantitative estimate of drug-likeness (QED) is 0.682. The van der Waals surface area contributed by atoms with Gasteiger partial charge >= 0.3 is 0 Å². The van der Waals surface area contributed by atoms with Gasteiger partial charge in [-0.3, -0.25) is 4.79 Å². The van der Waals surface area contributed by atoms with Crippen molar-refractivity contribution in [2.45, 2.75) is 12.5 Å². The van der Waals surface area contributed by atoms with Crippen LogP contribution in [0.1, 0.15) is 18.1 Å². The molecule has 0 bridgehead atoms. The first-order valence-corrected chi connectivity index (χ1v) is 4.36. The van der Waals surface area contributed by atoms with Crippen LogP contribution in [0.2, 0.25) is 0 Å². The van der Waals surface area contributed by atoms with Crippen LogP contribution in [0, 0.1) is 5.82 Å². The molecule has 72 valence electrons. The maximum absolute atomic E-state index is 13.3. The summed E-state index contributed by atoms with van der Waals surface area (Å²) in [6, 6.07) is 6.33. The number of hydrogen-bond acceptors (Lipinski definition) is 2. The zero-order valence-corrected chi connectivity index (χ0v) is 7.44. The second-order valence-corrected chi connectivity index (χ2v) is 3.12. The lowest BCUT2D eigenvalue weighted by molar-refractivity contribution is -0.118. The summed E-state index contributed by atoms with van der Waals surface area (Å²) in [5, 5.41) is 0. The van der Waals surface area contributed by atoms with Crippen molar-refractivity contribution < 1.29 is 13.9 Å². The Kier molecular flexibility index (Phi) is 2.31. The Morgan fingerprint density at radius 3 is 2.86 bits per heavy atom. The Hall–Kier alpha value is -1.64. The van der Waals surface area contributed by atoms with E-state index in [1.165, 1.54) is 18.4 Å². The lowest BCUT2D eigenvalue weighted by atomic mass is 10.0. The third-order valence-corrected chi connectivity index (χ3v) is 2.14. The molecule has 0 saturated carbocycles. The molecular weight excluding hydrogens is 183 g/mol. The van der Waals surface area contributed by atoms with Gasteiger partial charge in [0.15, 0.2) is 5.78 Å². The lowest BCUT2D eigenvalue weighted by Gasteiger charge is -2.19. The van der Waals surface area contributed by atoms with Gasteiger partial charge in [0.1, 0.15) is 11.9 Å². The van der Waals surface area contributed by atoms with Gasteiger partial charge in [0.05, 0.1) is 12.7 Å². The lowest BCUT2D eigenvalue weighted by Crippen LogP contribution is -2.12. The molecule has 1 aromatic rings. The Bertz CT molecular complexity index is 385. The second kappa shape index (κ2) is 3.62. The summed E-state index contributed by atoms with van der Waals surface area (Å²) < 4.78 is 18.5. The Morgan fingerprint density at radius 2 is 2.14 bits per heavy atom. The van der Waals surface area contributed by atoms with E-state index in [4.69, 9.17) is 4.74 Å². The molecule has 1 aromatic carbocycles. The standard InChI is InChI=1S/C11H9FO2/c12-10-4-2-1-3-9(10)11-7-8(13)5-6-14-11/h1-6,11H,7H2. The zero-order valence-electron chi connectivity index (χ0n) is 7.44. The highest BCUT2D eigenvalue weighted by Gasteiger charge is 2.21. The van der Waals surface area contributed by atoms with E-state index in [2.05, 4.69) is 0 Å². The van der Waals surface area contributed by atoms with Crippen molar-refractivity contribution in [3.8, 4) is 0 Å². The number of hydrogen-bond donors (Lipinski definition) is 0. The van der Waals surface area contributed by atoms with Gasteiger partial charge in [0.25, 0.3) is 0 Å². The monoisotopic (exact) mass is 192 g/mol. The fourth-order valence-electron chi connectivity index (χ4n) is 1.43. The van der Waals surface area contributed by atoms with Crippen LogP contribution >= 0.6 is 0 Å². The molecule has 0 radical (unpaired) electrons. The number of carbonyl (C=O) groups excluding carboxylic acids is 1. The molecule has 0 saturated heterocycles. The van der Waals surface area contributed by atoms with E-state index < -0.39 is 6.10 Å². The maximum Gasteiger partial charge on any atom is 0.162 e. The fourth-order valence-corrected chi connectivity index (χ4v) is 1.43. The summed E-state index contributed by atoms with van der Waals surface area (Å²) in [4.78, 5) is 11.1. The molecule has 0 aliphatic carbocycles. The van der Waals surface area contributed by atoms with Crippen LogP contribution in [0.3, 0.4) is 0 Å². The molecule has 2 rings (SSSR count). The van der Waals surface area contributed by atoms with Crippen molar-refractivity contribution in [3.63, 3.8) is 0 Å². The molecule has 0 N–H and O–H groups in total. The molecular formula is C11H9FO2. The normalized spacial score (nSPS) is 20.6. The molecule has 0 amide bonds. The number of halogens is 1. The molecule has 1 aliphatic heterocycles. The predicted molar refractivity (Wildman–Crippen MR) is 49.0 cm³/mol. The van der Waals surface area contributed by atoms with Crippen molar-refractivity contribution >= 4 is 5.78 Å². The highest BCUT2D eigenvalue weighted by molar-refractivity contribution is 5.90. The molecule has 2 nitrogen and oxygen atoms in total. The fraction of sp³-hybridized carbons (Fsp3) is 0.182. The topological polar surface area (TPSA) is 26.3 Å². The minimum atomic E-state index is -0.478. The molecule has 0 fully saturated rings. The van der Waals surface area contributed by atoms with E-state index in [0.717, 1.165) is 0 Å². The van der Waals surface area contributed by atoms with Crippen LogP contribution in [0.5, 0.6) is 0 Å². The largest absolute Gasteiger partial charge is 0.493 e. The van der Waals surface area contributed by atoms with E-state index in [9.17, 15) is 9.18 Å². The highest BCUT2D eigenvalue weighted by Crippen LogP contribution is 2.26. The summed E-state index contributed by atoms with van der Waals surface area (Å²) in [5.74, 6) is -0.370. The Labute approximate surface area is 81.0 Å². The van der Waals surface area contributed by atoms with Crippen LogP contribution in [0.25, 0.3) is 0 Å². The summed E-state index contributed by atoms with van der Waals surface area (Å²) in [7, 11) is 0. The number of ether oxygens (including phenoxy) is 1. The molecule has 14 heavy (non-hydrogen) atoms. The maximum atomic E-state index is 13.3. The SMILES string of the molecule is O=C1C=COC(c2ccccc2F)C1. The first kappa shape index (κ1) is 8.94. The van der Waals surface area contributed by atoms with Gasteiger partial charge in [-0.15, -0.1) is 0 Å². The minimum absolute atomic E-state index is 0.0375. The van der Waals surface area contributed by atoms with Crippen LogP contribution in [0.15, 0.2) is 36.6 Å². The summed E-state index contributed by atoms with van der Waals surface area (Å²) in [6.45, 7) is 0. The van der Waals surface area contributed by atoms with Crippen LogP contribution in [0.4, 0.5) is 4.39 Å². The van der Waals surface area contributed by atoms with Crippen molar-refractivity contribution in [3.05, 3.63) is 48.0 Å². The predicted octanol–water partition coefficient (Wildman–Crippen LogP) is 2.37. The summed E-state index contributed by atoms with van der Waals surface area (Å²) in [6.07, 6.45) is 2.41. The van der Waals surface area contributed by atoms with Crippen molar-refractivity contribution in [1.29, 1.82) is 0 Å². The second-order valence-electron chi connectivity index (χ2n) is 3.12. The average molecular weight is 192 g/mol. The Balaban J connectivity index is 2.28. The van der Waals surface area contributed by atoms with E-state index in [1.807, 2.05) is 0 Å². The summed E-state index contributed by atoms with van der Waals surface area (Å²) in [5.41, 5.74) is 0.435. The van der Waals surface area contributed by atoms with Gasteiger partial charge in [0, 0.05) is 11.6 Å². The molecule has 1 atom stereocenters. The van der Waals surface area contributed by atoms with E-state index in [1.54, 1.807) is 18.2 Å². The molecule has 1 heterocycles. The van der Waals surface area contributed by atoms with Crippen molar-refractivity contribution in [2.24, 2.45) is 0 Å². The molecule has 1 aliphatic rings. The van der Waals surface area contributed by atoms with E-state index in [-0.39, 0.29) is 18.0 Å². The van der Waals surface area contributed by atoms with Crippen molar-refractivity contribution in [1.82, 2.24) is 0 Å². The smallest absolute Gasteiger partial charge is 0.162 e. The highest BCUT2D eigenvalue weighted by atomic mass is 19.1. The van der Waals surface area contributed by atoms with E-state index >= 15 is 0 Å². The van der Waals surface area contributed by atoms with Gasteiger partial charge in [0.2, 0.25) is 0 Å². The third-order valence-electron chi connectivity index (χ3n) is 2.14. The number of ketones is 1. The van der Waals surface area contributed by atoms with Crippen molar-refractivity contribution in [2.75, 3.05) is 0 Å². The summed E-state index contributed by atoms with van der Waals surface area (Å²) >= 11 is 0. The van der Waals surface area contributed by atoms with Crippen LogP contribution in [-0.4, -0.2) is 5.78 Å². The molecule has 3 heteroatoms. The average Bonchev–Trinajstić information content (AvgIpc) is 2.18. The van der Waals surface area contributed by atoms with Crippen LogP contribution in [-0.2, 0) is 9.53 Å². The minimum Gasteiger partial charge on any atom is -0.493 e. The number of rotatable bonds is 1. The first-order chi connectivity index (χ1) is 6.77. The zero-order chi connectivity index (χ0) is 9.97. The van der Waals surface area contributed by atoms with Gasteiger partial charge < -0.3 is 4.74 Å². The van der Waals surface area contributed by atoms with Gasteiger partial charge in [-0.05, 0) is 6.07 Å². The molecule has 1 unspecified atom stereocenters. The molecule has 0 spiro atoms. The van der Waals surface area contributed by atoms with Gasteiger partial charge in [-0.2, -0.15) is 0 Å². The third kappa shape index (κ3) is 1.66. The van der Waals surface area contributed by atoms with Crippen LogP contribution < -0.4 is 0 Å². The molecule has 0 aromatic heterocycles. The van der Waals surface area contributed by atoms with Gasteiger partial charge in [-0.25, -0.2) is 4.39 Å². The van der Waals surface area contributed by atoms with Gasteiger partial charge in [-0.1, -0.05) is 18.2 Å². The first-order valence-electron chi connectivity index (χ1n) is 4.36. The number of carbonyl (C=O) groups is 1.